The molecule has 0 unspecified atom stereocenters. The molecule has 1 aromatic rings. The van der Waals surface area contributed by atoms with Gasteiger partial charge in [0.1, 0.15) is 5.75 Å². The van der Waals surface area contributed by atoms with Crippen molar-refractivity contribution in [1.29, 1.82) is 0 Å². The van der Waals surface area contributed by atoms with E-state index in [2.05, 4.69) is 18.3 Å². The van der Waals surface area contributed by atoms with Gasteiger partial charge in [0.25, 0.3) is 0 Å². The Morgan fingerprint density at radius 1 is 1.29 bits per heavy atom. The van der Waals surface area contributed by atoms with E-state index in [1.165, 1.54) is 5.56 Å². The highest BCUT2D eigenvalue weighted by molar-refractivity contribution is 5.35. The van der Waals surface area contributed by atoms with Crippen LogP contribution in [0.4, 0.5) is 0 Å². The third-order valence-electron chi connectivity index (χ3n) is 2.66. The summed E-state index contributed by atoms with van der Waals surface area (Å²) in [5.74, 6) is 0.974. The van der Waals surface area contributed by atoms with Gasteiger partial charge in [-0.1, -0.05) is 18.2 Å². The number of para-hydroxylation sites is 1. The van der Waals surface area contributed by atoms with Crippen LogP contribution >= 0.6 is 0 Å². The summed E-state index contributed by atoms with van der Waals surface area (Å²) >= 11 is 0. The monoisotopic (exact) mass is 237 g/mol. The lowest BCUT2D eigenvalue weighted by atomic mass is 10.1. The van der Waals surface area contributed by atoms with Gasteiger partial charge in [0.2, 0.25) is 0 Å². The van der Waals surface area contributed by atoms with Gasteiger partial charge in [0.05, 0.1) is 6.61 Å². The van der Waals surface area contributed by atoms with Crippen LogP contribution in [0.15, 0.2) is 24.3 Å². The molecule has 1 rings (SSSR count). The maximum atomic E-state index is 5.62. The number of rotatable bonds is 8. The molecule has 0 aliphatic rings. The van der Waals surface area contributed by atoms with Crippen LogP contribution in [-0.4, -0.2) is 26.9 Å². The molecule has 17 heavy (non-hydrogen) atoms. The van der Waals surface area contributed by atoms with Crippen LogP contribution in [0.5, 0.6) is 5.75 Å². The van der Waals surface area contributed by atoms with Crippen molar-refractivity contribution in [3.63, 3.8) is 0 Å². The Labute approximate surface area is 104 Å². The fourth-order valence-corrected chi connectivity index (χ4v) is 1.77. The molecule has 3 nitrogen and oxygen atoms in total. The Bertz CT molecular complexity index is 315. The van der Waals surface area contributed by atoms with Crippen molar-refractivity contribution >= 4 is 0 Å². The second-order valence-corrected chi connectivity index (χ2v) is 3.99. The highest BCUT2D eigenvalue weighted by Crippen LogP contribution is 2.24. The van der Waals surface area contributed by atoms with Gasteiger partial charge in [-0.25, -0.2) is 0 Å². The second kappa shape index (κ2) is 8.09. The summed E-state index contributed by atoms with van der Waals surface area (Å²) in [7, 11) is 1.73. The first-order valence-corrected chi connectivity index (χ1v) is 6.23. The molecule has 1 atom stereocenters. The van der Waals surface area contributed by atoms with E-state index in [0.717, 1.165) is 25.3 Å². The fourth-order valence-electron chi connectivity index (χ4n) is 1.77. The molecule has 0 aliphatic heterocycles. The van der Waals surface area contributed by atoms with Crippen molar-refractivity contribution in [3.8, 4) is 5.75 Å². The smallest absolute Gasteiger partial charge is 0.124 e. The van der Waals surface area contributed by atoms with Gasteiger partial charge in [0, 0.05) is 25.3 Å². The molecule has 0 heterocycles. The predicted octanol–water partition coefficient (Wildman–Crippen LogP) is 2.77. The molecule has 1 aromatic carbocycles. The largest absolute Gasteiger partial charge is 0.494 e. The van der Waals surface area contributed by atoms with Gasteiger partial charge >= 0.3 is 0 Å². The van der Waals surface area contributed by atoms with Crippen LogP contribution < -0.4 is 10.1 Å². The highest BCUT2D eigenvalue weighted by atomic mass is 16.5. The first-order chi connectivity index (χ1) is 8.29. The minimum Gasteiger partial charge on any atom is -0.494 e. The summed E-state index contributed by atoms with van der Waals surface area (Å²) in [5, 5.41) is 3.47. The zero-order valence-electron chi connectivity index (χ0n) is 11.0. The van der Waals surface area contributed by atoms with E-state index < -0.39 is 0 Å². The molecule has 0 fully saturated rings. The Kier molecular flexibility index (Phi) is 6.67. The average Bonchev–Trinajstić information content (AvgIpc) is 2.35. The van der Waals surface area contributed by atoms with E-state index in [1.54, 1.807) is 7.11 Å². The van der Waals surface area contributed by atoms with Crippen LogP contribution in [0.1, 0.15) is 31.9 Å². The van der Waals surface area contributed by atoms with Crippen molar-refractivity contribution in [1.82, 2.24) is 5.32 Å². The lowest BCUT2D eigenvalue weighted by Gasteiger charge is -2.17. The molecule has 3 heteroatoms. The summed E-state index contributed by atoms with van der Waals surface area (Å²) in [6.07, 6.45) is 1.03. The van der Waals surface area contributed by atoms with Crippen LogP contribution in [0.2, 0.25) is 0 Å². The summed E-state index contributed by atoms with van der Waals surface area (Å²) in [6.45, 7) is 6.62. The second-order valence-electron chi connectivity index (χ2n) is 3.99. The van der Waals surface area contributed by atoms with Crippen molar-refractivity contribution in [3.05, 3.63) is 29.8 Å². The molecule has 0 amide bonds. The molecular weight excluding hydrogens is 214 g/mol. The SMILES string of the molecule is CCOc1ccccc1[C@@H](C)NCCCOC. The van der Waals surface area contributed by atoms with Crippen molar-refractivity contribution < 1.29 is 9.47 Å². The first-order valence-electron chi connectivity index (χ1n) is 6.23. The molecule has 1 N–H and O–H groups in total. The van der Waals surface area contributed by atoms with E-state index in [9.17, 15) is 0 Å². The highest BCUT2D eigenvalue weighted by Gasteiger charge is 2.09. The number of hydrogen-bond acceptors (Lipinski definition) is 3. The van der Waals surface area contributed by atoms with E-state index in [4.69, 9.17) is 9.47 Å². The average molecular weight is 237 g/mol. The summed E-state index contributed by atoms with van der Waals surface area (Å²) in [6, 6.07) is 8.48. The molecule has 0 saturated heterocycles. The zero-order chi connectivity index (χ0) is 12.5. The Balaban J connectivity index is 2.52. The fraction of sp³-hybridized carbons (Fsp3) is 0.571. The van der Waals surface area contributed by atoms with Gasteiger partial charge in [-0.05, 0) is 32.9 Å². The van der Waals surface area contributed by atoms with E-state index in [-0.39, 0.29) is 0 Å². The van der Waals surface area contributed by atoms with Gasteiger partial charge in [-0.15, -0.1) is 0 Å². The van der Waals surface area contributed by atoms with Gasteiger partial charge in [-0.3, -0.25) is 0 Å². The van der Waals surface area contributed by atoms with Gasteiger partial charge < -0.3 is 14.8 Å². The molecule has 0 aromatic heterocycles. The standard InChI is InChI=1S/C14H23NO2/c1-4-17-14-9-6-5-8-13(14)12(2)15-10-7-11-16-3/h5-6,8-9,12,15H,4,7,10-11H2,1-3H3/t12-/m1/s1. The maximum absolute atomic E-state index is 5.62. The van der Waals surface area contributed by atoms with Gasteiger partial charge in [0.15, 0.2) is 0 Å². The van der Waals surface area contributed by atoms with Crippen LogP contribution in [0, 0.1) is 0 Å². The molecule has 0 radical (unpaired) electrons. The van der Waals surface area contributed by atoms with Crippen LogP contribution in [0.25, 0.3) is 0 Å². The quantitative estimate of drug-likeness (QED) is 0.705. The maximum Gasteiger partial charge on any atom is 0.124 e. The molecule has 0 aliphatic carbocycles. The number of hydrogen-bond donors (Lipinski definition) is 1. The Hall–Kier alpha value is -1.06. The summed E-state index contributed by atoms with van der Waals surface area (Å²) in [4.78, 5) is 0. The molecule has 0 bridgehead atoms. The van der Waals surface area contributed by atoms with E-state index in [1.807, 2.05) is 25.1 Å². The molecule has 0 spiro atoms. The lowest BCUT2D eigenvalue weighted by molar-refractivity contribution is 0.193. The first kappa shape index (κ1) is 14.0. The third-order valence-corrected chi connectivity index (χ3v) is 2.66. The number of nitrogens with one attached hydrogen (secondary N) is 1. The number of benzene rings is 1. The predicted molar refractivity (Wildman–Crippen MR) is 70.5 cm³/mol. The van der Waals surface area contributed by atoms with Gasteiger partial charge in [-0.2, -0.15) is 0 Å². The van der Waals surface area contributed by atoms with Crippen molar-refractivity contribution in [2.45, 2.75) is 26.3 Å². The summed E-state index contributed by atoms with van der Waals surface area (Å²) < 4.78 is 10.6. The minimum atomic E-state index is 0.301. The lowest BCUT2D eigenvalue weighted by Crippen LogP contribution is -2.21. The van der Waals surface area contributed by atoms with E-state index >= 15 is 0 Å². The van der Waals surface area contributed by atoms with E-state index in [0.29, 0.717) is 12.6 Å². The summed E-state index contributed by atoms with van der Waals surface area (Å²) in [5.41, 5.74) is 1.21. The van der Waals surface area contributed by atoms with Crippen LogP contribution in [0.3, 0.4) is 0 Å². The number of ether oxygens (including phenoxy) is 2. The topological polar surface area (TPSA) is 30.5 Å². The van der Waals surface area contributed by atoms with Crippen LogP contribution in [-0.2, 0) is 4.74 Å². The Morgan fingerprint density at radius 2 is 2.06 bits per heavy atom. The van der Waals surface area contributed by atoms with Crippen molar-refractivity contribution in [2.75, 3.05) is 26.9 Å². The molecule has 96 valence electrons. The minimum absolute atomic E-state index is 0.301. The van der Waals surface area contributed by atoms with Crippen molar-refractivity contribution in [2.24, 2.45) is 0 Å². The molecular formula is C14H23NO2. The normalized spacial score (nSPS) is 12.4. The molecule has 0 saturated carbocycles. The Morgan fingerprint density at radius 3 is 2.76 bits per heavy atom. The number of methoxy groups -OCH3 is 1. The zero-order valence-corrected chi connectivity index (χ0v) is 11.0. The third kappa shape index (κ3) is 4.75.